The summed E-state index contributed by atoms with van der Waals surface area (Å²) in [5.41, 5.74) is 2.66. The van der Waals surface area contributed by atoms with Crippen LogP contribution in [0.1, 0.15) is 54.7 Å². The Labute approximate surface area is 262 Å². The minimum absolute atomic E-state index is 0. The van der Waals surface area contributed by atoms with Gasteiger partial charge in [-0.15, -0.1) is 12.4 Å². The molecular weight excluding hydrogens is 587 g/mol. The molecule has 0 radical (unpaired) electrons. The van der Waals surface area contributed by atoms with Crippen molar-refractivity contribution in [3.63, 3.8) is 0 Å². The molecule has 10 nitrogen and oxygen atoms in total. The van der Waals surface area contributed by atoms with Crippen LogP contribution < -0.4 is 19.7 Å². The van der Waals surface area contributed by atoms with Gasteiger partial charge in [0.25, 0.3) is 5.91 Å². The number of amides is 1. The molecule has 1 atom stereocenters. The number of fused-ring (bicyclic) bond motifs is 1. The van der Waals surface area contributed by atoms with Crippen molar-refractivity contribution >= 4 is 24.1 Å². The van der Waals surface area contributed by atoms with Crippen LogP contribution in [-0.4, -0.2) is 76.8 Å². The van der Waals surface area contributed by atoms with Gasteiger partial charge in [-0.1, -0.05) is 0 Å². The third-order valence-corrected chi connectivity index (χ3v) is 9.05. The van der Waals surface area contributed by atoms with E-state index in [1.54, 1.807) is 11.1 Å². The Balaban J connectivity index is 0.00000343. The number of hydrogen-bond acceptors (Lipinski definition) is 9. The first-order valence-corrected chi connectivity index (χ1v) is 15.2. The molecule has 3 aliphatic heterocycles. The molecule has 44 heavy (non-hydrogen) atoms. The van der Waals surface area contributed by atoms with Crippen molar-refractivity contribution in [2.45, 2.75) is 64.3 Å². The van der Waals surface area contributed by atoms with Crippen LogP contribution in [0.3, 0.4) is 0 Å². The molecule has 2 aromatic heterocycles. The smallest absolute Gasteiger partial charge is 0.258 e. The standard InChI is InChI=1S/C32H37FN6O4.ClH/c1-20(2)39(22-7-10-41-16-22)31(40)24-11-21(33)3-4-27(24)43-29-15-35-19-37-30(29)38-17-32(18-38)12-23(13-32)42-28-6-9-36-26-5-8-34-14-25(26)28;/h3-4,6,9,11,15,19-20,22-23,34H,5,7-8,10,12-14,16-18H2,1-2H3;1H/t22-;/m0./s1. The number of ether oxygens (including phenoxy) is 3. The van der Waals surface area contributed by atoms with Crippen molar-refractivity contribution < 1.29 is 23.4 Å². The minimum atomic E-state index is -0.499. The van der Waals surface area contributed by atoms with Gasteiger partial charge in [0.1, 0.15) is 29.7 Å². The lowest BCUT2D eigenvalue weighted by atomic mass is 9.61. The van der Waals surface area contributed by atoms with Crippen LogP contribution >= 0.6 is 12.4 Å². The van der Waals surface area contributed by atoms with Crippen LogP contribution in [-0.2, 0) is 17.7 Å². The largest absolute Gasteiger partial charge is 0.490 e. The molecule has 1 spiro atoms. The van der Waals surface area contributed by atoms with Gasteiger partial charge in [0.05, 0.1) is 24.4 Å². The van der Waals surface area contributed by atoms with E-state index in [4.69, 9.17) is 14.2 Å². The number of halogens is 2. The Kier molecular flexibility index (Phi) is 8.63. The van der Waals surface area contributed by atoms with Crippen molar-refractivity contribution in [1.29, 1.82) is 0 Å². The number of carbonyl (C=O) groups excluding carboxylic acids is 1. The van der Waals surface area contributed by atoms with Crippen LogP contribution in [0.25, 0.3) is 0 Å². The SMILES string of the molecule is CC(C)N(C(=O)c1cc(F)ccc1Oc1cncnc1N1CC2(CC(Oc3ccnc4c3CNCC4)C2)C1)[C@H]1CCOC1.Cl. The topological polar surface area (TPSA) is 102 Å². The molecule has 2 saturated heterocycles. The molecule has 1 N–H and O–H groups in total. The maximum absolute atomic E-state index is 14.4. The lowest BCUT2D eigenvalue weighted by molar-refractivity contribution is -0.0349. The van der Waals surface area contributed by atoms with Crippen molar-refractivity contribution in [3.05, 3.63) is 65.6 Å². The number of anilines is 1. The zero-order valence-electron chi connectivity index (χ0n) is 25.0. The van der Waals surface area contributed by atoms with Crippen LogP contribution in [0.5, 0.6) is 17.2 Å². The van der Waals surface area contributed by atoms with Gasteiger partial charge in [0.2, 0.25) is 0 Å². The Morgan fingerprint density at radius 1 is 1.18 bits per heavy atom. The molecule has 3 aromatic rings. The lowest BCUT2D eigenvalue weighted by Gasteiger charge is -2.59. The summed E-state index contributed by atoms with van der Waals surface area (Å²) in [6, 6.07) is 5.88. The quantitative estimate of drug-likeness (QED) is 0.387. The van der Waals surface area contributed by atoms with Crippen molar-refractivity contribution in [3.8, 4) is 17.2 Å². The van der Waals surface area contributed by atoms with Gasteiger partial charge in [-0.05, 0) is 57.4 Å². The van der Waals surface area contributed by atoms with E-state index in [0.717, 1.165) is 63.3 Å². The first-order valence-electron chi connectivity index (χ1n) is 15.2. The summed E-state index contributed by atoms with van der Waals surface area (Å²) in [5, 5.41) is 3.42. The predicted molar refractivity (Wildman–Crippen MR) is 164 cm³/mol. The number of carbonyl (C=O) groups is 1. The van der Waals surface area contributed by atoms with E-state index in [2.05, 4.69) is 25.2 Å². The minimum Gasteiger partial charge on any atom is -0.490 e. The Morgan fingerprint density at radius 3 is 2.80 bits per heavy atom. The average molecular weight is 625 g/mol. The van der Waals surface area contributed by atoms with Gasteiger partial charge in [0, 0.05) is 68.1 Å². The van der Waals surface area contributed by atoms with Gasteiger partial charge in [-0.25, -0.2) is 14.4 Å². The summed E-state index contributed by atoms with van der Waals surface area (Å²) in [7, 11) is 0. The summed E-state index contributed by atoms with van der Waals surface area (Å²) in [6.07, 6.45) is 8.75. The molecule has 1 amide bonds. The molecule has 12 heteroatoms. The fraction of sp³-hybridized carbons (Fsp3) is 0.500. The summed E-state index contributed by atoms with van der Waals surface area (Å²) in [6.45, 7) is 8.39. The highest BCUT2D eigenvalue weighted by atomic mass is 35.5. The van der Waals surface area contributed by atoms with Gasteiger partial charge >= 0.3 is 0 Å². The summed E-state index contributed by atoms with van der Waals surface area (Å²) in [5.74, 6) is 1.53. The molecule has 1 aromatic carbocycles. The summed E-state index contributed by atoms with van der Waals surface area (Å²) < 4.78 is 32.7. The number of nitrogens with one attached hydrogen (secondary N) is 1. The van der Waals surface area contributed by atoms with Crippen molar-refractivity contribution in [2.75, 3.05) is 37.7 Å². The number of benzene rings is 1. The first-order chi connectivity index (χ1) is 20.9. The van der Waals surface area contributed by atoms with Crippen LogP contribution in [0.15, 0.2) is 43.0 Å². The van der Waals surface area contributed by atoms with Crippen molar-refractivity contribution in [1.82, 2.24) is 25.2 Å². The van der Waals surface area contributed by atoms with E-state index >= 15 is 0 Å². The van der Waals surface area contributed by atoms with E-state index in [9.17, 15) is 9.18 Å². The number of hydrogen-bond donors (Lipinski definition) is 1. The zero-order chi connectivity index (χ0) is 29.6. The Hall–Kier alpha value is -3.54. The van der Waals surface area contributed by atoms with E-state index in [0.29, 0.717) is 24.8 Å². The summed E-state index contributed by atoms with van der Waals surface area (Å²) in [4.78, 5) is 30.9. The Morgan fingerprint density at radius 2 is 2.02 bits per heavy atom. The van der Waals surface area contributed by atoms with E-state index < -0.39 is 5.82 Å². The number of aromatic nitrogens is 3. The van der Waals surface area contributed by atoms with Crippen LogP contribution in [0.2, 0.25) is 0 Å². The third-order valence-electron chi connectivity index (χ3n) is 9.05. The van der Waals surface area contributed by atoms with Crippen LogP contribution in [0, 0.1) is 11.2 Å². The number of pyridine rings is 1. The molecular formula is C32H38ClFN6O4. The number of rotatable bonds is 8. The highest BCUT2D eigenvalue weighted by Crippen LogP contribution is 2.52. The van der Waals surface area contributed by atoms with E-state index in [1.807, 2.05) is 26.1 Å². The molecule has 3 fully saturated rings. The molecule has 4 aliphatic rings. The van der Waals surface area contributed by atoms with E-state index in [-0.39, 0.29) is 53.2 Å². The summed E-state index contributed by atoms with van der Waals surface area (Å²) >= 11 is 0. The molecule has 0 unspecified atom stereocenters. The second kappa shape index (κ2) is 12.5. The second-order valence-electron chi connectivity index (χ2n) is 12.4. The monoisotopic (exact) mass is 624 g/mol. The highest BCUT2D eigenvalue weighted by molar-refractivity contribution is 5.97. The van der Waals surface area contributed by atoms with Gasteiger partial charge in [-0.3, -0.25) is 9.78 Å². The fourth-order valence-electron chi connectivity index (χ4n) is 6.99. The number of nitrogens with zero attached hydrogens (tertiary/aromatic N) is 5. The zero-order valence-corrected chi connectivity index (χ0v) is 25.8. The van der Waals surface area contributed by atoms with Crippen molar-refractivity contribution in [2.24, 2.45) is 5.41 Å². The molecule has 1 saturated carbocycles. The highest BCUT2D eigenvalue weighted by Gasteiger charge is 2.54. The maximum atomic E-state index is 14.4. The van der Waals surface area contributed by atoms with Gasteiger partial charge < -0.3 is 29.3 Å². The fourth-order valence-corrected chi connectivity index (χ4v) is 6.99. The van der Waals surface area contributed by atoms with Gasteiger partial charge in [-0.2, -0.15) is 0 Å². The average Bonchev–Trinajstić information content (AvgIpc) is 3.49. The first kappa shape index (κ1) is 30.5. The predicted octanol–water partition coefficient (Wildman–Crippen LogP) is 4.56. The lowest BCUT2D eigenvalue weighted by Crippen LogP contribution is -2.65. The normalized spacial score (nSPS) is 20.4. The van der Waals surface area contributed by atoms with E-state index in [1.165, 1.54) is 30.1 Å². The van der Waals surface area contributed by atoms with Gasteiger partial charge in [0.15, 0.2) is 11.6 Å². The maximum Gasteiger partial charge on any atom is 0.258 e. The van der Waals surface area contributed by atoms with Crippen LogP contribution in [0.4, 0.5) is 10.2 Å². The third kappa shape index (κ3) is 5.80. The molecule has 7 rings (SSSR count). The molecule has 1 aliphatic carbocycles. The molecule has 5 heterocycles. The molecule has 234 valence electrons. The molecule has 0 bridgehead atoms. The Bertz CT molecular complexity index is 1510. The second-order valence-corrected chi connectivity index (χ2v) is 12.4.